The van der Waals surface area contributed by atoms with Gasteiger partial charge in [0.2, 0.25) is 11.1 Å². The van der Waals surface area contributed by atoms with Crippen molar-refractivity contribution in [2.45, 2.75) is 87.9 Å². The number of benzene rings is 13. The molecular formula is C95H90Br2Cl10MgN7O13PdS2-. The van der Waals surface area contributed by atoms with Crippen molar-refractivity contribution in [3.63, 3.8) is 0 Å². The molecule has 5 aliphatic carbocycles. The number of carbonyl (C=O) groups excluding carboxylic acids is 3. The van der Waals surface area contributed by atoms with Crippen LogP contribution in [0, 0.1) is 34.1 Å². The van der Waals surface area contributed by atoms with E-state index in [9.17, 15) is 34.1 Å². The van der Waals surface area contributed by atoms with Gasteiger partial charge in [-0.3, -0.25) is 19.7 Å². The van der Waals surface area contributed by atoms with Crippen LogP contribution in [0.25, 0.3) is 53.9 Å². The van der Waals surface area contributed by atoms with E-state index in [0.717, 1.165) is 44.4 Å². The SMILES string of the molecule is Brc1cccc2ccccc12.COC(=O)c1ccc(N)c(Cl)c1.ClCCl.Nc1ccc(C(=O)O)cc1Cl.Nc1ccc(C2CC2)c2ccccc12.O=C(CCl)Nc1ccc(C(=O)O)cc1Cl.O=C(Cl)CCl.O=[N+]([O-])O.O=[N+]([O-])c1ccc(C2CC2)c2ccccc12.S=C(Cl)Cl.S=C=Nc1ccc(C2CC2)c2ccccc12.[Br-].[CH-]1CC1.[CH3-].[HH].[Mg+2].[Pd].c1ccc2c(C3CC3)cccc2c1. The maximum absolute atomic E-state index is 11.0. The smallest absolute Gasteiger partial charge is 1.00 e. The minimum atomic E-state index is -1.50. The Hall–Kier alpha value is -8.11. The Labute approximate surface area is 870 Å². The number of carboxylic acid groups (broad SMARTS) is 2. The number of amides is 1. The number of carbonyl (C=O) groups is 5. The summed E-state index contributed by atoms with van der Waals surface area (Å²) in [5, 5.41) is 59.3. The number of fused-ring (bicyclic) bond motifs is 5. The van der Waals surface area contributed by atoms with Gasteiger partial charge in [0.05, 0.1) is 88.3 Å². The zero-order valence-corrected chi connectivity index (χ0v) is 85.5. The molecule has 10 N–H and O–H groups in total. The fraction of sp³-hybridized carbons (Fsp3) is 0.189. The van der Waals surface area contributed by atoms with E-state index in [-0.39, 0.29) is 122 Å². The Balaban J connectivity index is 0.000000731. The zero-order valence-electron chi connectivity index (χ0n) is 70.1. The van der Waals surface area contributed by atoms with Crippen molar-refractivity contribution < 1.29 is 93.0 Å². The molecule has 131 heavy (non-hydrogen) atoms. The second-order valence-electron chi connectivity index (χ2n) is 27.7. The summed E-state index contributed by atoms with van der Waals surface area (Å²) in [5.41, 5.74) is 26.3. The van der Waals surface area contributed by atoms with Crippen LogP contribution in [0.4, 0.5) is 34.1 Å². The van der Waals surface area contributed by atoms with Crippen molar-refractivity contribution in [3.05, 3.63) is 341 Å². The number of ether oxygens (including phenoxy) is 1. The number of thiocarbonyl (C=S) groups is 2. The molecule has 5 fully saturated rings. The molecule has 0 saturated heterocycles. The Morgan fingerprint density at radius 1 is 0.519 bits per heavy atom. The number of esters is 1. The Morgan fingerprint density at radius 2 is 0.855 bits per heavy atom. The molecule has 0 heterocycles. The molecular weight excluding hydrogens is 2160 g/mol. The number of nitro benzene ring substituents is 1. The van der Waals surface area contributed by atoms with E-state index in [4.69, 9.17) is 159 Å². The average molecular weight is 2250 g/mol. The van der Waals surface area contributed by atoms with E-state index in [0.29, 0.717) is 33.6 Å². The van der Waals surface area contributed by atoms with Crippen LogP contribution >= 0.6 is 156 Å². The van der Waals surface area contributed by atoms with Crippen LogP contribution in [0.15, 0.2) is 258 Å². The number of anilines is 4. The Kier molecular flexibility index (Phi) is 57.4. The van der Waals surface area contributed by atoms with Gasteiger partial charge in [0, 0.05) is 48.8 Å². The number of nitrogens with one attached hydrogen (secondary N) is 1. The van der Waals surface area contributed by atoms with Crippen molar-refractivity contribution in [2.24, 2.45) is 4.99 Å². The first kappa shape index (κ1) is 119. The Morgan fingerprint density at radius 3 is 1.25 bits per heavy atom. The van der Waals surface area contributed by atoms with Crippen molar-refractivity contribution in [1.82, 2.24) is 0 Å². The van der Waals surface area contributed by atoms with Gasteiger partial charge in [-0.15, -0.1) is 56.5 Å². The third kappa shape index (κ3) is 42.6. The van der Waals surface area contributed by atoms with E-state index in [1.807, 2.05) is 54.6 Å². The second kappa shape index (κ2) is 63.2. The van der Waals surface area contributed by atoms with Gasteiger partial charge in [-0.2, -0.15) is 4.99 Å². The van der Waals surface area contributed by atoms with E-state index in [2.05, 4.69) is 200 Å². The minimum Gasteiger partial charge on any atom is -1.00 e. The molecule has 0 aromatic heterocycles. The molecule has 13 aromatic rings. The summed E-state index contributed by atoms with van der Waals surface area (Å²) in [5.74, 6) is -0.163. The van der Waals surface area contributed by atoms with Crippen molar-refractivity contribution >= 4 is 305 Å². The number of non-ortho nitro benzene ring substituents is 1. The van der Waals surface area contributed by atoms with Gasteiger partial charge in [-0.05, 0) is 238 Å². The summed E-state index contributed by atoms with van der Waals surface area (Å²) in [6.45, 7) is 0. The molecule has 5 aliphatic rings. The van der Waals surface area contributed by atoms with Gasteiger partial charge < -0.3 is 73.5 Å². The first-order valence-corrected chi connectivity index (χ1v) is 44.6. The molecule has 692 valence electrons. The van der Waals surface area contributed by atoms with Crippen LogP contribution < -0.4 is 39.5 Å². The topological polar surface area (TPSA) is 344 Å². The Bertz CT molecular complexity index is 5910. The monoisotopic (exact) mass is 2240 g/mol. The summed E-state index contributed by atoms with van der Waals surface area (Å²) < 4.78 is 5.60. The number of aromatic carboxylic acids is 2. The number of rotatable bonds is 12. The number of alkyl halides is 4. The standard InChI is InChI=1S/C14H11NS.C13H11NO2.C13H13N.C13H12.C10H7Br.C9H7Cl2NO3.C8H8ClNO2.C7H6ClNO2.C3H5.C2H2Cl2O.CCl2S.CH2Cl2.CH3.BrH.Mg.HNO3.Pd.H2/c16-9-15-14-8-7-11(10-5-6-10)12-3-1-2-4-13(12)14;15-14(16)13-8-7-10(9-5-6-9)11-3-1-2-4-12(11)13;14-13-8-7-10(9-5-6-9)11-3-1-2-4-12(11)13;1-2-6-12-10(4-1)5-3-7-13(12)11-8-9-11;11-10-7-3-5-8-4-1-2-6-9(8)10;10-4-8(13)12-7-2-1-5(9(14)15)3-6(7)11;1-12-8(11)5-2-3-7(10)6(9)4-5;8-5-3-4(7(10)11)1-2-6(5)9;1-2-3-1;3-1-2(4)5;2-1(3)4;2-1-3;;;;2-1(3)4;;/h1-4,7-8,10H,5-6H2;1-4,7-9H,5-6H2;1-4,7-9H,5-6,14H2;1-7,11H,8-9H2;1-7H;1-3H,4H2,(H,12,13)(H,14,15);2-4H,10H2,1H3;1-3H,9H2,(H,10,11);1H,2-3H2;1H2;;1H2;1H3;1H;;(H,2,3,4);;1H/q;;;;;;;;-1;;;;-1;;+2;;;/p-1. The number of carboxylic acids is 2. The molecule has 0 atom stereocenters. The van der Waals surface area contributed by atoms with Gasteiger partial charge in [0.15, 0.2) is 3.78 Å². The summed E-state index contributed by atoms with van der Waals surface area (Å²) in [6, 6.07) is 79.1. The van der Waals surface area contributed by atoms with Crippen LogP contribution in [0.5, 0.6) is 0 Å². The molecule has 36 heteroatoms. The van der Waals surface area contributed by atoms with E-state index < -0.39 is 34.1 Å². The molecule has 20 nitrogen and oxygen atoms in total. The summed E-state index contributed by atoms with van der Waals surface area (Å²) >= 11 is 63.2. The van der Waals surface area contributed by atoms with Crippen LogP contribution in [0.2, 0.25) is 15.1 Å². The number of nitrogen functional groups attached to an aromatic ring is 3. The second-order valence-corrected chi connectivity index (χ2v) is 33.5. The number of nitro groups is 1. The third-order valence-corrected chi connectivity index (χ3v) is 21.0. The number of halogens is 12. The average Bonchev–Trinajstić information content (AvgIpc) is 1.54. The molecule has 0 bridgehead atoms. The molecule has 0 unspecified atom stereocenters. The predicted molar refractivity (Wildman–Crippen MR) is 548 cm³/mol. The normalized spacial score (nSPS) is 12.0. The molecule has 0 spiro atoms. The first-order chi connectivity index (χ1) is 60.8. The number of isothiocyanates is 1. The van der Waals surface area contributed by atoms with Gasteiger partial charge in [-0.1, -0.05) is 250 Å². The van der Waals surface area contributed by atoms with E-state index in [1.165, 1.54) is 174 Å². The number of nitrogens with zero attached hydrogens (tertiary/aromatic N) is 3. The third-order valence-electron chi connectivity index (χ3n) is 18.5. The van der Waals surface area contributed by atoms with E-state index >= 15 is 0 Å². The first-order valence-electron chi connectivity index (χ1n) is 38.6. The number of hydrogen-bond acceptors (Lipinski definition) is 16. The van der Waals surface area contributed by atoms with Gasteiger partial charge in [-0.25, -0.2) is 27.2 Å². The molecule has 0 radical (unpaired) electrons. The van der Waals surface area contributed by atoms with Crippen LogP contribution in [-0.2, 0) is 34.7 Å². The predicted octanol–water partition coefficient (Wildman–Crippen LogP) is 26.4. The maximum Gasteiger partial charge on any atom is 2.00 e. The number of hydrogen-bond donors (Lipinski definition) is 7. The van der Waals surface area contributed by atoms with Crippen LogP contribution in [0.3, 0.4) is 0 Å². The van der Waals surface area contributed by atoms with Gasteiger partial charge >= 0.3 is 41.0 Å². The molecule has 5 saturated carbocycles. The summed E-state index contributed by atoms with van der Waals surface area (Å²) in [7, 11) is 1.31. The van der Waals surface area contributed by atoms with Crippen molar-refractivity contribution in [2.75, 3.05) is 46.7 Å². The van der Waals surface area contributed by atoms with Crippen molar-refractivity contribution in [1.29, 1.82) is 0 Å². The maximum atomic E-state index is 11.0. The van der Waals surface area contributed by atoms with Gasteiger partial charge in [0.1, 0.15) is 5.88 Å². The van der Waals surface area contributed by atoms with Crippen LogP contribution in [-0.4, -0.2) is 111 Å². The van der Waals surface area contributed by atoms with Crippen molar-refractivity contribution in [3.8, 4) is 0 Å². The molecule has 1 amide bonds. The van der Waals surface area contributed by atoms with E-state index in [1.54, 1.807) is 23.8 Å². The van der Waals surface area contributed by atoms with Crippen LogP contribution in [0.1, 0.15) is 143 Å². The minimum absolute atomic E-state index is 0. The largest absolute Gasteiger partial charge is 2.00 e. The summed E-state index contributed by atoms with van der Waals surface area (Å²) in [4.78, 5) is 75.4. The molecule has 0 aliphatic heterocycles. The molecule has 18 rings (SSSR count). The fourth-order valence-corrected chi connectivity index (χ4v) is 13.3. The number of nitrogens with two attached hydrogens (primary N) is 3. The fourth-order valence-electron chi connectivity index (χ4n) is 12.1. The molecule has 13 aromatic carbocycles. The summed E-state index contributed by atoms with van der Waals surface area (Å²) in [6.07, 6.45) is 15.5. The van der Waals surface area contributed by atoms with Gasteiger partial charge in [0.25, 0.3) is 10.8 Å². The number of methoxy groups -OCH3 is 1. The zero-order chi connectivity index (χ0) is 93.2. The quantitative estimate of drug-likeness (QED) is 0.00571. The number of aliphatic imine (C=N–C) groups is 1.